The molecule has 1 aromatic heterocycles. The Kier molecular flexibility index (Phi) is 4.68. The number of fused-ring (bicyclic) bond motifs is 1. The molecule has 1 saturated heterocycles. The highest BCUT2D eigenvalue weighted by molar-refractivity contribution is 7.18. The average Bonchev–Trinajstić information content (AvgIpc) is 3.12. The highest BCUT2D eigenvalue weighted by atomic mass is 35.5. The molecule has 1 aliphatic rings. The molecule has 0 aliphatic carbocycles. The number of thiazole rings is 1. The molecule has 2 amide bonds. The van der Waals surface area contributed by atoms with E-state index in [1.165, 1.54) is 0 Å². The number of benzene rings is 1. The van der Waals surface area contributed by atoms with Gasteiger partial charge < -0.3 is 15.3 Å². The number of carbonyl (C=O) groups excluding carboxylic acids is 1. The number of rotatable bonds is 4. The van der Waals surface area contributed by atoms with Crippen LogP contribution >= 0.6 is 22.9 Å². The summed E-state index contributed by atoms with van der Waals surface area (Å²) in [6.07, 6.45) is 1.15. The second kappa shape index (κ2) is 6.72. The number of halogens is 1. The van der Waals surface area contributed by atoms with Gasteiger partial charge in [-0.2, -0.15) is 0 Å². The van der Waals surface area contributed by atoms with Crippen molar-refractivity contribution in [3.05, 3.63) is 28.2 Å². The number of likely N-dealkylation sites (tertiary alicyclic amines) is 1. The molecule has 1 aromatic carbocycles. The van der Waals surface area contributed by atoms with E-state index < -0.39 is 11.9 Å². The van der Waals surface area contributed by atoms with E-state index in [1.54, 1.807) is 16.2 Å². The molecular weight excluding hydrogens is 338 g/mol. The predicted molar refractivity (Wildman–Crippen MR) is 89.0 cm³/mol. The molecule has 0 saturated carbocycles. The molecule has 3 rings (SSSR count). The minimum absolute atomic E-state index is 0.210. The second-order valence-electron chi connectivity index (χ2n) is 5.47. The molecule has 2 heterocycles. The van der Waals surface area contributed by atoms with Crippen LogP contribution in [0.5, 0.6) is 0 Å². The van der Waals surface area contributed by atoms with Crippen LogP contribution in [0.2, 0.25) is 5.02 Å². The number of hydrogen-bond acceptors (Lipinski definition) is 4. The van der Waals surface area contributed by atoms with Crippen LogP contribution in [0.1, 0.15) is 11.4 Å². The molecule has 2 aromatic rings. The molecule has 1 unspecified atom stereocenters. The lowest BCUT2D eigenvalue weighted by Gasteiger charge is -2.16. The Morgan fingerprint density at radius 2 is 2.30 bits per heavy atom. The Balaban J connectivity index is 1.50. The van der Waals surface area contributed by atoms with Crippen LogP contribution in [-0.2, 0) is 11.2 Å². The lowest BCUT2D eigenvalue weighted by molar-refractivity contribution is -0.141. The van der Waals surface area contributed by atoms with Gasteiger partial charge in [0.1, 0.15) is 0 Å². The van der Waals surface area contributed by atoms with Gasteiger partial charge in [0.15, 0.2) is 0 Å². The van der Waals surface area contributed by atoms with Gasteiger partial charge in [0, 0.05) is 31.1 Å². The van der Waals surface area contributed by atoms with Crippen molar-refractivity contribution < 1.29 is 14.7 Å². The molecule has 8 heteroatoms. The second-order valence-corrected chi connectivity index (χ2v) is 7.02. The molecule has 1 aliphatic heterocycles. The Morgan fingerprint density at radius 1 is 1.48 bits per heavy atom. The number of amides is 2. The standard InChI is InChI=1S/C15H16ClN3O3S/c16-10-1-2-12-11(7-10)18-13(23-12)3-5-17-15(22)19-6-4-9(8-19)14(20)21/h1-2,7,9H,3-6,8H2,(H,17,22)(H,20,21). The fourth-order valence-corrected chi connectivity index (χ4v) is 3.70. The molecule has 0 bridgehead atoms. The Labute approximate surface area is 142 Å². The number of carboxylic acids is 1. The van der Waals surface area contributed by atoms with Gasteiger partial charge in [-0.3, -0.25) is 4.79 Å². The molecule has 6 nitrogen and oxygen atoms in total. The normalized spacial score (nSPS) is 17.6. The van der Waals surface area contributed by atoms with Gasteiger partial charge in [-0.25, -0.2) is 9.78 Å². The van der Waals surface area contributed by atoms with E-state index in [1.807, 2.05) is 18.2 Å². The van der Waals surface area contributed by atoms with Crippen LogP contribution in [-0.4, -0.2) is 46.6 Å². The summed E-state index contributed by atoms with van der Waals surface area (Å²) in [5.74, 6) is -1.29. The zero-order valence-electron chi connectivity index (χ0n) is 12.3. The van der Waals surface area contributed by atoms with Gasteiger partial charge in [0.2, 0.25) is 0 Å². The Hall–Kier alpha value is -1.86. The van der Waals surface area contributed by atoms with Crippen LogP contribution < -0.4 is 5.32 Å². The molecule has 0 spiro atoms. The molecule has 2 N–H and O–H groups in total. The summed E-state index contributed by atoms with van der Waals surface area (Å²) in [5, 5.41) is 13.4. The van der Waals surface area contributed by atoms with Crippen LogP contribution in [0.25, 0.3) is 10.2 Å². The number of carboxylic acid groups (broad SMARTS) is 1. The molecule has 122 valence electrons. The van der Waals surface area contributed by atoms with E-state index in [-0.39, 0.29) is 12.6 Å². The van der Waals surface area contributed by atoms with Gasteiger partial charge in [0.25, 0.3) is 0 Å². The number of carbonyl (C=O) groups is 2. The monoisotopic (exact) mass is 353 g/mol. The molecule has 1 atom stereocenters. The SMILES string of the molecule is O=C(O)C1CCN(C(=O)NCCc2nc3cc(Cl)ccc3s2)C1. The third-order valence-corrected chi connectivity index (χ3v) is 5.16. The highest BCUT2D eigenvalue weighted by Gasteiger charge is 2.30. The Bertz CT molecular complexity index is 749. The van der Waals surface area contributed by atoms with Gasteiger partial charge in [-0.1, -0.05) is 11.6 Å². The van der Waals surface area contributed by atoms with Crippen molar-refractivity contribution in [2.24, 2.45) is 5.92 Å². The van der Waals surface area contributed by atoms with E-state index >= 15 is 0 Å². The van der Waals surface area contributed by atoms with Crippen molar-refractivity contribution >= 4 is 45.2 Å². The molecule has 1 fully saturated rings. The number of nitrogens with one attached hydrogen (secondary N) is 1. The zero-order chi connectivity index (χ0) is 16.4. The summed E-state index contributed by atoms with van der Waals surface area (Å²) in [4.78, 5) is 29.0. The van der Waals surface area contributed by atoms with E-state index in [0.29, 0.717) is 31.0 Å². The zero-order valence-corrected chi connectivity index (χ0v) is 13.9. The van der Waals surface area contributed by atoms with Gasteiger partial charge >= 0.3 is 12.0 Å². The number of aromatic nitrogens is 1. The predicted octanol–water partition coefficient (Wildman–Crippen LogP) is 2.61. The summed E-state index contributed by atoms with van der Waals surface area (Å²) >= 11 is 7.52. The smallest absolute Gasteiger partial charge is 0.317 e. The molecule has 0 radical (unpaired) electrons. The largest absolute Gasteiger partial charge is 0.481 e. The fourth-order valence-electron chi connectivity index (χ4n) is 2.59. The minimum Gasteiger partial charge on any atom is -0.481 e. The average molecular weight is 354 g/mol. The van der Waals surface area contributed by atoms with Gasteiger partial charge in [0.05, 0.1) is 21.1 Å². The first-order chi connectivity index (χ1) is 11.0. The van der Waals surface area contributed by atoms with Crippen LogP contribution in [0.15, 0.2) is 18.2 Å². The summed E-state index contributed by atoms with van der Waals surface area (Å²) in [5.41, 5.74) is 0.868. The number of hydrogen-bond donors (Lipinski definition) is 2. The summed E-state index contributed by atoms with van der Waals surface area (Å²) < 4.78 is 1.07. The molecular formula is C15H16ClN3O3S. The first-order valence-corrected chi connectivity index (χ1v) is 8.53. The molecule has 23 heavy (non-hydrogen) atoms. The Morgan fingerprint density at radius 3 is 3.04 bits per heavy atom. The maximum Gasteiger partial charge on any atom is 0.317 e. The van der Waals surface area contributed by atoms with Crippen molar-refractivity contribution in [2.45, 2.75) is 12.8 Å². The highest BCUT2D eigenvalue weighted by Crippen LogP contribution is 2.25. The van der Waals surface area contributed by atoms with Crippen LogP contribution in [0, 0.1) is 5.92 Å². The van der Waals surface area contributed by atoms with E-state index in [0.717, 1.165) is 15.2 Å². The summed E-state index contributed by atoms with van der Waals surface area (Å²) in [6.45, 7) is 1.24. The van der Waals surface area contributed by atoms with Gasteiger partial charge in [-0.15, -0.1) is 11.3 Å². The quantitative estimate of drug-likeness (QED) is 0.885. The maximum absolute atomic E-state index is 12.0. The number of aliphatic carboxylic acids is 1. The summed E-state index contributed by atoms with van der Waals surface area (Å²) in [6, 6.07) is 5.39. The van der Waals surface area contributed by atoms with Gasteiger partial charge in [-0.05, 0) is 24.6 Å². The van der Waals surface area contributed by atoms with Crippen molar-refractivity contribution in [2.75, 3.05) is 19.6 Å². The maximum atomic E-state index is 12.0. The fraction of sp³-hybridized carbons (Fsp3) is 0.400. The van der Waals surface area contributed by atoms with Crippen molar-refractivity contribution in [3.8, 4) is 0 Å². The third kappa shape index (κ3) is 3.73. The van der Waals surface area contributed by atoms with Crippen LogP contribution in [0.3, 0.4) is 0 Å². The first-order valence-electron chi connectivity index (χ1n) is 7.33. The first kappa shape index (κ1) is 16.0. The minimum atomic E-state index is -0.839. The third-order valence-electron chi connectivity index (χ3n) is 3.83. The van der Waals surface area contributed by atoms with Crippen molar-refractivity contribution in [1.82, 2.24) is 15.2 Å². The summed E-state index contributed by atoms with van der Waals surface area (Å²) in [7, 11) is 0. The van der Waals surface area contributed by atoms with E-state index in [4.69, 9.17) is 16.7 Å². The number of nitrogens with zero attached hydrogens (tertiary/aromatic N) is 2. The van der Waals surface area contributed by atoms with E-state index in [2.05, 4.69) is 10.3 Å². The van der Waals surface area contributed by atoms with Crippen molar-refractivity contribution in [1.29, 1.82) is 0 Å². The topological polar surface area (TPSA) is 82.5 Å². The lowest BCUT2D eigenvalue weighted by atomic mass is 10.1. The van der Waals surface area contributed by atoms with E-state index in [9.17, 15) is 9.59 Å². The number of urea groups is 1. The lowest BCUT2D eigenvalue weighted by Crippen LogP contribution is -2.39. The van der Waals surface area contributed by atoms with Crippen molar-refractivity contribution in [3.63, 3.8) is 0 Å². The van der Waals surface area contributed by atoms with Crippen LogP contribution in [0.4, 0.5) is 4.79 Å².